The number of carbonyl (C=O) groups excluding carboxylic acids is 1. The Bertz CT molecular complexity index is 1510. The summed E-state index contributed by atoms with van der Waals surface area (Å²) in [4.78, 5) is 27.1. The maximum atomic E-state index is 13.6. The number of carbonyl (C=O) groups is 1. The van der Waals surface area contributed by atoms with E-state index in [0.717, 1.165) is 4.31 Å². The molecule has 1 aromatic heterocycles. The largest absolute Gasteiger partial charge is 0.497 e. The van der Waals surface area contributed by atoms with Gasteiger partial charge in [-0.1, -0.05) is 48.5 Å². The summed E-state index contributed by atoms with van der Waals surface area (Å²) < 4.78 is 34.4. The van der Waals surface area contributed by atoms with Crippen molar-refractivity contribution >= 4 is 15.8 Å². The molecule has 0 atom stereocenters. The Morgan fingerprint density at radius 2 is 1.53 bits per heavy atom. The van der Waals surface area contributed by atoms with Crippen LogP contribution in [0.1, 0.15) is 24.2 Å². The van der Waals surface area contributed by atoms with Gasteiger partial charge in [0.05, 0.1) is 29.9 Å². The molecule has 1 heterocycles. The SMILES string of the molecule is COc1ccc(S(=O)(=O)N(CC(=O)c2c(-c3ccccc3)[nH]n(-c3ccccc3)c2=O)C(C)C)cc1. The zero-order valence-corrected chi connectivity index (χ0v) is 21.0. The van der Waals surface area contributed by atoms with Gasteiger partial charge in [0.1, 0.15) is 11.3 Å². The number of hydrogen-bond acceptors (Lipinski definition) is 5. The van der Waals surface area contributed by atoms with Crippen LogP contribution in [0.2, 0.25) is 0 Å². The topological polar surface area (TPSA) is 101 Å². The molecule has 0 fully saturated rings. The molecule has 0 saturated heterocycles. The van der Waals surface area contributed by atoms with Crippen molar-refractivity contribution in [3.8, 4) is 22.7 Å². The highest BCUT2D eigenvalue weighted by Crippen LogP contribution is 2.24. The van der Waals surface area contributed by atoms with Gasteiger partial charge >= 0.3 is 0 Å². The van der Waals surface area contributed by atoms with Crippen molar-refractivity contribution in [3.63, 3.8) is 0 Å². The molecule has 0 radical (unpaired) electrons. The lowest BCUT2D eigenvalue weighted by Gasteiger charge is -2.25. The monoisotopic (exact) mass is 505 g/mol. The third-order valence-corrected chi connectivity index (χ3v) is 7.82. The fourth-order valence-electron chi connectivity index (χ4n) is 3.92. The molecule has 0 unspecified atom stereocenters. The molecule has 4 rings (SSSR count). The van der Waals surface area contributed by atoms with Crippen LogP contribution in [0, 0.1) is 0 Å². The van der Waals surface area contributed by atoms with Crippen molar-refractivity contribution in [3.05, 3.63) is 101 Å². The van der Waals surface area contributed by atoms with Crippen LogP contribution in [-0.4, -0.2) is 48.0 Å². The number of sulfonamides is 1. The molecule has 0 saturated carbocycles. The first kappa shape index (κ1) is 25.2. The molecular formula is C27H27N3O5S. The van der Waals surface area contributed by atoms with E-state index in [2.05, 4.69) is 5.10 Å². The second kappa shape index (κ2) is 10.3. The number of benzene rings is 3. The minimum Gasteiger partial charge on any atom is -0.497 e. The van der Waals surface area contributed by atoms with Crippen LogP contribution in [0.4, 0.5) is 0 Å². The van der Waals surface area contributed by atoms with E-state index in [1.54, 1.807) is 74.5 Å². The molecule has 8 nitrogen and oxygen atoms in total. The summed E-state index contributed by atoms with van der Waals surface area (Å²) in [6.07, 6.45) is 0. The lowest BCUT2D eigenvalue weighted by Crippen LogP contribution is -2.41. The van der Waals surface area contributed by atoms with Crippen LogP contribution >= 0.6 is 0 Å². The third kappa shape index (κ3) is 4.89. The van der Waals surface area contributed by atoms with Crippen molar-refractivity contribution < 1.29 is 17.9 Å². The van der Waals surface area contributed by atoms with E-state index in [9.17, 15) is 18.0 Å². The fourth-order valence-corrected chi connectivity index (χ4v) is 5.51. The van der Waals surface area contributed by atoms with Gasteiger partial charge in [0, 0.05) is 11.6 Å². The molecule has 3 aromatic carbocycles. The predicted molar refractivity (Wildman–Crippen MR) is 138 cm³/mol. The minimum absolute atomic E-state index is 0.0313. The first-order chi connectivity index (χ1) is 17.2. The summed E-state index contributed by atoms with van der Waals surface area (Å²) in [5, 5.41) is 3.05. The predicted octanol–water partition coefficient (Wildman–Crippen LogP) is 4.12. The maximum Gasteiger partial charge on any atom is 0.282 e. The van der Waals surface area contributed by atoms with Gasteiger partial charge in [0.15, 0.2) is 5.78 Å². The number of nitrogens with one attached hydrogen (secondary N) is 1. The maximum absolute atomic E-state index is 13.6. The Hall–Kier alpha value is -3.95. The zero-order valence-electron chi connectivity index (χ0n) is 20.2. The van der Waals surface area contributed by atoms with Crippen molar-refractivity contribution in [1.29, 1.82) is 0 Å². The van der Waals surface area contributed by atoms with Gasteiger partial charge in [-0.2, -0.15) is 4.31 Å². The van der Waals surface area contributed by atoms with Crippen molar-refractivity contribution in [2.75, 3.05) is 13.7 Å². The number of ether oxygens (including phenoxy) is 1. The number of nitrogens with zero attached hydrogens (tertiary/aromatic N) is 2. The van der Waals surface area contributed by atoms with E-state index < -0.39 is 34.0 Å². The summed E-state index contributed by atoms with van der Waals surface area (Å²) in [6, 6.07) is 23.3. The molecule has 0 aliphatic heterocycles. The van der Waals surface area contributed by atoms with Gasteiger partial charge in [0.25, 0.3) is 5.56 Å². The summed E-state index contributed by atoms with van der Waals surface area (Å²) in [6.45, 7) is 2.88. The van der Waals surface area contributed by atoms with Crippen molar-refractivity contribution in [2.24, 2.45) is 0 Å². The number of para-hydroxylation sites is 1. The first-order valence-electron chi connectivity index (χ1n) is 11.4. The zero-order chi connectivity index (χ0) is 25.9. The highest BCUT2D eigenvalue weighted by Gasteiger charge is 2.32. The lowest BCUT2D eigenvalue weighted by molar-refractivity contribution is 0.0957. The molecule has 0 bridgehead atoms. The number of aromatic nitrogens is 2. The van der Waals surface area contributed by atoms with Crippen LogP contribution in [0.5, 0.6) is 5.75 Å². The van der Waals surface area contributed by atoms with Crippen LogP contribution < -0.4 is 10.3 Å². The van der Waals surface area contributed by atoms with E-state index in [1.165, 1.54) is 23.9 Å². The Balaban J connectivity index is 1.78. The van der Waals surface area contributed by atoms with E-state index >= 15 is 0 Å². The summed E-state index contributed by atoms with van der Waals surface area (Å²) in [7, 11) is -2.53. The molecule has 0 aliphatic carbocycles. The van der Waals surface area contributed by atoms with Crippen molar-refractivity contribution in [1.82, 2.24) is 14.1 Å². The highest BCUT2D eigenvalue weighted by molar-refractivity contribution is 7.89. The number of Topliss-reactive ketones (excluding diaryl/α,β-unsaturated/α-hetero) is 1. The number of aromatic amines is 1. The Morgan fingerprint density at radius 3 is 2.08 bits per heavy atom. The van der Waals surface area contributed by atoms with E-state index in [0.29, 0.717) is 22.7 Å². The second-order valence-corrected chi connectivity index (χ2v) is 10.3. The van der Waals surface area contributed by atoms with Crippen LogP contribution in [0.3, 0.4) is 0 Å². The number of hydrogen-bond donors (Lipinski definition) is 1. The van der Waals surface area contributed by atoms with Crippen LogP contribution in [-0.2, 0) is 10.0 Å². The van der Waals surface area contributed by atoms with Gasteiger partial charge in [-0.05, 0) is 50.2 Å². The Morgan fingerprint density at radius 1 is 0.944 bits per heavy atom. The molecule has 9 heteroatoms. The molecule has 0 spiro atoms. The second-order valence-electron chi connectivity index (χ2n) is 8.45. The molecule has 0 amide bonds. The minimum atomic E-state index is -4.03. The summed E-state index contributed by atoms with van der Waals surface area (Å²) in [5.74, 6) is -0.0852. The number of ketones is 1. The molecule has 1 N–H and O–H groups in total. The molecule has 4 aromatic rings. The number of rotatable bonds is 9. The normalized spacial score (nSPS) is 11.7. The quantitative estimate of drug-likeness (QED) is 0.345. The van der Waals surface area contributed by atoms with E-state index in [-0.39, 0.29) is 10.5 Å². The standard InChI is InChI=1S/C27H27N3O5S/c1-19(2)29(36(33,34)23-16-14-22(35-3)15-17-23)18-24(31)25-26(20-10-6-4-7-11-20)28-30(27(25)32)21-12-8-5-9-13-21/h4-17,19,28H,18H2,1-3H3. The molecule has 0 aliphatic rings. The van der Waals surface area contributed by atoms with E-state index in [1.807, 2.05) is 12.1 Å². The lowest BCUT2D eigenvalue weighted by atomic mass is 10.0. The summed E-state index contributed by atoms with van der Waals surface area (Å²) in [5.41, 5.74) is 0.892. The van der Waals surface area contributed by atoms with Gasteiger partial charge in [-0.15, -0.1) is 0 Å². The average Bonchev–Trinajstić information content (AvgIpc) is 3.25. The Labute approximate surface area is 209 Å². The highest BCUT2D eigenvalue weighted by atomic mass is 32.2. The van der Waals surface area contributed by atoms with Gasteiger partial charge in [0.2, 0.25) is 10.0 Å². The van der Waals surface area contributed by atoms with Gasteiger partial charge < -0.3 is 4.74 Å². The number of methoxy groups -OCH3 is 1. The Kier molecular flexibility index (Phi) is 7.23. The smallest absolute Gasteiger partial charge is 0.282 e. The molecule has 186 valence electrons. The first-order valence-corrected chi connectivity index (χ1v) is 12.8. The fraction of sp³-hybridized carbons (Fsp3) is 0.185. The van der Waals surface area contributed by atoms with E-state index in [4.69, 9.17) is 4.74 Å². The van der Waals surface area contributed by atoms with Crippen LogP contribution in [0.15, 0.2) is 94.6 Å². The van der Waals surface area contributed by atoms with Gasteiger partial charge in [-0.3, -0.25) is 14.7 Å². The average molecular weight is 506 g/mol. The molecule has 36 heavy (non-hydrogen) atoms. The summed E-state index contributed by atoms with van der Waals surface area (Å²) >= 11 is 0. The van der Waals surface area contributed by atoms with Crippen LogP contribution in [0.25, 0.3) is 16.9 Å². The molecular weight excluding hydrogens is 478 g/mol. The number of H-pyrrole nitrogens is 1. The van der Waals surface area contributed by atoms with Crippen molar-refractivity contribution in [2.45, 2.75) is 24.8 Å². The van der Waals surface area contributed by atoms with Gasteiger partial charge in [-0.25, -0.2) is 13.1 Å². The third-order valence-electron chi connectivity index (χ3n) is 5.79.